The van der Waals surface area contributed by atoms with Crippen LogP contribution in [0.1, 0.15) is 36.5 Å². The quantitative estimate of drug-likeness (QED) is 0.154. The lowest BCUT2D eigenvalue weighted by atomic mass is 9.91. The Labute approximate surface area is 227 Å². The summed E-state index contributed by atoms with van der Waals surface area (Å²) < 4.78 is 31.2. The Morgan fingerprint density at radius 3 is 2.51 bits per heavy atom. The van der Waals surface area contributed by atoms with Crippen LogP contribution in [-0.2, 0) is 14.8 Å². The number of hydrogen-bond acceptors (Lipinski definition) is 6. The molecule has 39 heavy (non-hydrogen) atoms. The molecule has 0 saturated heterocycles. The van der Waals surface area contributed by atoms with Gasteiger partial charge < -0.3 is 25.3 Å². The molecule has 206 valence electrons. The number of carbonyl (C=O) groups is 1. The maximum absolute atomic E-state index is 12.0. The van der Waals surface area contributed by atoms with Crippen LogP contribution >= 0.6 is 0 Å². The molecule has 0 aliphatic heterocycles. The van der Waals surface area contributed by atoms with E-state index in [1.54, 1.807) is 24.3 Å². The first-order valence-corrected chi connectivity index (χ1v) is 14.6. The first-order chi connectivity index (χ1) is 18.7. The van der Waals surface area contributed by atoms with E-state index >= 15 is 0 Å². The number of carboxylic acids is 1. The molecule has 0 bridgehead atoms. The number of aromatic amines is 1. The second-order valence-corrected chi connectivity index (χ2v) is 11.1. The van der Waals surface area contributed by atoms with Crippen LogP contribution in [0.5, 0.6) is 5.75 Å². The largest absolute Gasteiger partial charge is 0.492 e. The monoisotopic (exact) mass is 551 g/mol. The van der Waals surface area contributed by atoms with Crippen molar-refractivity contribution >= 4 is 32.6 Å². The van der Waals surface area contributed by atoms with Crippen molar-refractivity contribution in [2.24, 2.45) is 0 Å². The Bertz CT molecular complexity index is 1540. The minimum atomic E-state index is -3.40. The number of hydrogen-bond donors (Lipinski definition) is 5. The molecule has 4 aromatic rings. The summed E-state index contributed by atoms with van der Waals surface area (Å²) in [5.74, 6) is -0.859. The van der Waals surface area contributed by atoms with Gasteiger partial charge in [0.15, 0.2) is 0 Å². The third-order valence-electron chi connectivity index (χ3n) is 6.39. The molecule has 0 spiro atoms. The van der Waals surface area contributed by atoms with Gasteiger partial charge in [0.25, 0.3) is 0 Å². The molecule has 0 aliphatic carbocycles. The van der Waals surface area contributed by atoms with Crippen LogP contribution in [0.15, 0.2) is 72.8 Å². The molecule has 5 N–H and O–H groups in total. The number of nitrogens with one attached hydrogen (secondary N) is 3. The molecule has 1 aromatic heterocycles. The number of carboxylic acid groups (broad SMARTS) is 1. The van der Waals surface area contributed by atoms with Gasteiger partial charge in [-0.25, -0.2) is 8.42 Å². The number of ether oxygens (including phenoxy) is 1. The summed E-state index contributed by atoms with van der Waals surface area (Å²) in [5.41, 5.74) is 4.27. The Morgan fingerprint density at radius 1 is 1.05 bits per heavy atom. The molecule has 4 rings (SSSR count). The van der Waals surface area contributed by atoms with Crippen LogP contribution < -0.4 is 14.8 Å². The van der Waals surface area contributed by atoms with E-state index in [9.17, 15) is 23.4 Å². The molecule has 0 saturated carbocycles. The normalized spacial score (nSPS) is 13.2. The fourth-order valence-corrected chi connectivity index (χ4v) is 5.16. The van der Waals surface area contributed by atoms with Crippen molar-refractivity contribution in [2.75, 3.05) is 30.7 Å². The van der Waals surface area contributed by atoms with Crippen molar-refractivity contribution < 1.29 is 28.2 Å². The van der Waals surface area contributed by atoms with Crippen LogP contribution in [0.25, 0.3) is 22.2 Å². The van der Waals surface area contributed by atoms with Crippen LogP contribution in [0, 0.1) is 0 Å². The Kier molecular flexibility index (Phi) is 8.90. The Hall–Kier alpha value is -3.86. The lowest BCUT2D eigenvalue weighted by Crippen LogP contribution is -2.26. The first-order valence-electron chi connectivity index (χ1n) is 12.7. The van der Waals surface area contributed by atoms with Crippen LogP contribution in [0.3, 0.4) is 0 Å². The number of rotatable bonds is 13. The van der Waals surface area contributed by atoms with E-state index in [4.69, 9.17) is 4.74 Å². The highest BCUT2D eigenvalue weighted by Crippen LogP contribution is 2.38. The van der Waals surface area contributed by atoms with E-state index in [0.29, 0.717) is 36.6 Å². The third kappa shape index (κ3) is 7.17. The predicted octanol–water partition coefficient (Wildman–Crippen LogP) is 4.49. The van der Waals surface area contributed by atoms with Gasteiger partial charge in [0.05, 0.1) is 24.0 Å². The topological polar surface area (TPSA) is 141 Å². The highest BCUT2D eigenvalue weighted by molar-refractivity contribution is 7.92. The smallest absolute Gasteiger partial charge is 0.311 e. The Balaban J connectivity index is 1.40. The summed E-state index contributed by atoms with van der Waals surface area (Å²) in [4.78, 5) is 15.5. The number of H-pyrrole nitrogens is 1. The standard InChI is InChI=1S/C29H33N3O6S/c1-3-23(29(34)35)27-24-13-12-22(17-25(24)31-28(27)19-8-5-4-6-9-19)38-15-14-30-18-26(33)20-10-7-11-21(16-20)32-39(2,36)37/h4-13,16-17,23,26,30-33H,3,14-15,18H2,1-2H3,(H,34,35)/t23?,26-/m0/s1. The van der Waals surface area contributed by atoms with Crippen molar-refractivity contribution in [2.45, 2.75) is 25.4 Å². The molecule has 10 heteroatoms. The predicted molar refractivity (Wildman–Crippen MR) is 153 cm³/mol. The van der Waals surface area contributed by atoms with Gasteiger partial charge in [-0.2, -0.15) is 0 Å². The van der Waals surface area contributed by atoms with Crippen molar-refractivity contribution in [3.05, 3.63) is 83.9 Å². The summed E-state index contributed by atoms with van der Waals surface area (Å²) in [5, 5.41) is 24.3. The average Bonchev–Trinajstić information content (AvgIpc) is 3.27. The number of anilines is 1. The molecule has 0 amide bonds. The van der Waals surface area contributed by atoms with E-state index in [1.807, 2.05) is 55.5 Å². The number of fused-ring (bicyclic) bond motifs is 1. The maximum atomic E-state index is 12.0. The highest BCUT2D eigenvalue weighted by atomic mass is 32.2. The fourth-order valence-electron chi connectivity index (χ4n) is 4.61. The van der Waals surface area contributed by atoms with Gasteiger partial charge in [-0.15, -0.1) is 0 Å². The summed E-state index contributed by atoms with van der Waals surface area (Å²) in [6.07, 6.45) is 0.720. The Morgan fingerprint density at radius 2 is 1.82 bits per heavy atom. The van der Waals surface area contributed by atoms with Gasteiger partial charge in [-0.3, -0.25) is 9.52 Å². The van der Waals surface area contributed by atoms with Crippen LogP contribution in [0.2, 0.25) is 0 Å². The number of benzene rings is 3. The van der Waals surface area contributed by atoms with Gasteiger partial charge >= 0.3 is 5.97 Å². The van der Waals surface area contributed by atoms with Crippen molar-refractivity contribution in [1.29, 1.82) is 0 Å². The number of aliphatic hydroxyl groups excluding tert-OH is 1. The molecule has 3 aromatic carbocycles. The van der Waals surface area contributed by atoms with Crippen molar-refractivity contribution in [3.8, 4) is 17.0 Å². The summed E-state index contributed by atoms with van der Waals surface area (Å²) in [7, 11) is -3.40. The van der Waals surface area contributed by atoms with Crippen molar-refractivity contribution in [1.82, 2.24) is 10.3 Å². The molecule has 2 atom stereocenters. The zero-order valence-corrected chi connectivity index (χ0v) is 22.7. The van der Waals surface area contributed by atoms with Crippen molar-refractivity contribution in [3.63, 3.8) is 0 Å². The van der Waals surface area contributed by atoms with Gasteiger partial charge in [0, 0.05) is 35.7 Å². The number of aliphatic carboxylic acids is 1. The van der Waals surface area contributed by atoms with Crippen LogP contribution in [-0.4, -0.2) is 55.5 Å². The fraction of sp³-hybridized carbons (Fsp3) is 0.276. The van der Waals surface area contributed by atoms with Gasteiger partial charge in [-0.1, -0.05) is 49.4 Å². The SMILES string of the molecule is CCC(C(=O)O)c1c(-c2ccccc2)[nH]c2cc(OCCNC[C@H](O)c3cccc(NS(C)(=O)=O)c3)ccc12. The first kappa shape index (κ1) is 28.2. The molecule has 0 aliphatic rings. The molecule has 1 heterocycles. The molecule has 9 nitrogen and oxygen atoms in total. The molecule has 1 unspecified atom stereocenters. The zero-order chi connectivity index (χ0) is 28.0. The lowest BCUT2D eigenvalue weighted by molar-refractivity contribution is -0.138. The molecular weight excluding hydrogens is 518 g/mol. The second-order valence-electron chi connectivity index (χ2n) is 9.35. The second kappa shape index (κ2) is 12.3. The van der Waals surface area contributed by atoms with E-state index in [2.05, 4.69) is 15.0 Å². The van der Waals surface area contributed by atoms with Gasteiger partial charge in [0.1, 0.15) is 12.4 Å². The third-order valence-corrected chi connectivity index (χ3v) is 6.99. The number of aromatic nitrogens is 1. The minimum Gasteiger partial charge on any atom is -0.492 e. The number of aliphatic hydroxyl groups is 1. The summed E-state index contributed by atoms with van der Waals surface area (Å²) in [6.45, 7) is 2.95. The lowest BCUT2D eigenvalue weighted by Gasteiger charge is -2.14. The number of sulfonamides is 1. The zero-order valence-electron chi connectivity index (χ0n) is 21.8. The van der Waals surface area contributed by atoms with Gasteiger partial charge in [-0.05, 0) is 47.4 Å². The summed E-state index contributed by atoms with van der Waals surface area (Å²) in [6, 6.07) is 21.9. The van der Waals surface area contributed by atoms with E-state index in [0.717, 1.165) is 34.0 Å². The summed E-state index contributed by atoms with van der Waals surface area (Å²) >= 11 is 0. The van der Waals surface area contributed by atoms with E-state index < -0.39 is 28.0 Å². The highest BCUT2D eigenvalue weighted by Gasteiger charge is 2.26. The average molecular weight is 552 g/mol. The molecule has 0 fully saturated rings. The van der Waals surface area contributed by atoms with E-state index in [1.165, 1.54) is 0 Å². The molecular formula is C29H33N3O6S. The minimum absolute atomic E-state index is 0.263. The van der Waals surface area contributed by atoms with Gasteiger partial charge in [0.2, 0.25) is 10.0 Å². The van der Waals surface area contributed by atoms with Crippen LogP contribution in [0.4, 0.5) is 5.69 Å². The van der Waals surface area contributed by atoms with E-state index in [-0.39, 0.29) is 6.54 Å². The molecule has 0 radical (unpaired) electrons. The maximum Gasteiger partial charge on any atom is 0.311 e.